The molecular formula is C16H17N3O2. The predicted octanol–water partition coefficient (Wildman–Crippen LogP) is 2.12. The van der Waals surface area contributed by atoms with E-state index in [-0.39, 0.29) is 17.7 Å². The quantitative estimate of drug-likeness (QED) is 0.645. The summed E-state index contributed by atoms with van der Waals surface area (Å²) in [6.45, 7) is 4.50. The molecule has 1 fully saturated rings. The number of fused-ring (bicyclic) bond motifs is 1. The molecule has 1 unspecified atom stereocenters. The minimum absolute atomic E-state index is 0.123. The third kappa shape index (κ3) is 2.52. The second-order valence-electron chi connectivity index (χ2n) is 5.17. The van der Waals surface area contributed by atoms with Crippen LogP contribution in [0.3, 0.4) is 0 Å². The Morgan fingerprint density at radius 3 is 2.76 bits per heavy atom. The average molecular weight is 283 g/mol. The van der Waals surface area contributed by atoms with E-state index in [2.05, 4.69) is 17.1 Å². The molecule has 2 N–H and O–H groups in total. The number of ether oxygens (including phenoxy) is 1. The fourth-order valence-corrected chi connectivity index (χ4v) is 2.56. The Morgan fingerprint density at radius 2 is 2.05 bits per heavy atom. The van der Waals surface area contributed by atoms with Crippen molar-refractivity contribution in [2.75, 3.05) is 6.61 Å². The molecule has 1 aliphatic heterocycles. The number of nitrogens with one attached hydrogen (secondary N) is 2. The van der Waals surface area contributed by atoms with Crippen molar-refractivity contribution in [3.63, 3.8) is 0 Å². The first kappa shape index (κ1) is 13.7. The summed E-state index contributed by atoms with van der Waals surface area (Å²) in [5.74, 6) is -0.376. The highest BCUT2D eigenvalue weighted by Crippen LogP contribution is 2.25. The van der Waals surface area contributed by atoms with Gasteiger partial charge in [0, 0.05) is 17.7 Å². The van der Waals surface area contributed by atoms with Crippen molar-refractivity contribution in [3.05, 3.63) is 42.0 Å². The van der Waals surface area contributed by atoms with Crippen molar-refractivity contribution in [2.24, 2.45) is 5.10 Å². The Morgan fingerprint density at radius 1 is 1.29 bits per heavy atom. The van der Waals surface area contributed by atoms with Gasteiger partial charge in [0.1, 0.15) is 17.7 Å². The summed E-state index contributed by atoms with van der Waals surface area (Å²) in [6, 6.07) is 7.39. The van der Waals surface area contributed by atoms with Crippen LogP contribution in [0.4, 0.5) is 0 Å². The largest absolute Gasteiger partial charge is 0.357 e. The van der Waals surface area contributed by atoms with E-state index in [1.54, 1.807) is 0 Å². The molecule has 1 aliphatic carbocycles. The molecule has 5 heteroatoms. The summed E-state index contributed by atoms with van der Waals surface area (Å²) in [5.41, 5.74) is 5.03. The van der Waals surface area contributed by atoms with Gasteiger partial charge in [-0.3, -0.25) is 15.6 Å². The standard InChI is InChI=1S/C16H17N3O2/c1-10-11-6-2-3-7-12(11)15(14(17)16(10)20)19-18-13-8-4-5-9-21-13/h2-3,6-7,13,17-18H,1,4-5,8-9H2/b17-14?,19-15-. The van der Waals surface area contributed by atoms with Crippen molar-refractivity contribution >= 4 is 22.8 Å². The molecular weight excluding hydrogens is 266 g/mol. The summed E-state index contributed by atoms with van der Waals surface area (Å²) in [6.07, 6.45) is 2.89. The lowest BCUT2D eigenvalue weighted by atomic mass is 9.84. The van der Waals surface area contributed by atoms with Gasteiger partial charge in [-0.05, 0) is 24.8 Å². The number of benzene rings is 1. The Labute approximate surface area is 123 Å². The second kappa shape index (κ2) is 5.61. The minimum Gasteiger partial charge on any atom is -0.357 e. The van der Waals surface area contributed by atoms with Gasteiger partial charge in [0.05, 0.1) is 0 Å². The third-order valence-electron chi connectivity index (χ3n) is 3.75. The van der Waals surface area contributed by atoms with Crippen molar-refractivity contribution in [3.8, 4) is 0 Å². The Balaban J connectivity index is 1.92. The third-order valence-corrected chi connectivity index (χ3v) is 3.75. The number of nitrogens with zero attached hydrogens (tertiary/aromatic N) is 1. The number of rotatable bonds is 2. The van der Waals surface area contributed by atoms with Crippen LogP contribution >= 0.6 is 0 Å². The monoisotopic (exact) mass is 283 g/mol. The summed E-state index contributed by atoms with van der Waals surface area (Å²) in [7, 11) is 0. The smallest absolute Gasteiger partial charge is 0.212 e. The van der Waals surface area contributed by atoms with Crippen molar-refractivity contribution < 1.29 is 9.53 Å². The van der Waals surface area contributed by atoms with Gasteiger partial charge in [0.25, 0.3) is 0 Å². The Bertz CT molecular complexity index is 643. The maximum atomic E-state index is 12.1. The van der Waals surface area contributed by atoms with E-state index in [1.807, 2.05) is 24.3 Å². The van der Waals surface area contributed by atoms with Crippen molar-refractivity contribution in [2.45, 2.75) is 25.5 Å². The highest BCUT2D eigenvalue weighted by Gasteiger charge is 2.30. The summed E-state index contributed by atoms with van der Waals surface area (Å²) < 4.78 is 5.55. The van der Waals surface area contributed by atoms with Crippen LogP contribution in [0, 0.1) is 5.41 Å². The van der Waals surface area contributed by atoms with Crippen LogP contribution in [0.15, 0.2) is 35.9 Å². The molecule has 0 radical (unpaired) electrons. The van der Waals surface area contributed by atoms with Crippen LogP contribution in [0.2, 0.25) is 0 Å². The second-order valence-corrected chi connectivity index (χ2v) is 5.17. The van der Waals surface area contributed by atoms with E-state index >= 15 is 0 Å². The zero-order valence-electron chi connectivity index (χ0n) is 11.7. The van der Waals surface area contributed by atoms with Crippen LogP contribution in [0.25, 0.3) is 5.57 Å². The fraction of sp³-hybridized carbons (Fsp3) is 0.312. The maximum absolute atomic E-state index is 12.1. The van der Waals surface area contributed by atoms with Gasteiger partial charge in [-0.2, -0.15) is 5.10 Å². The number of carbonyl (C=O) groups excluding carboxylic acids is 1. The van der Waals surface area contributed by atoms with Crippen molar-refractivity contribution in [1.29, 1.82) is 5.41 Å². The molecule has 1 aromatic carbocycles. The van der Waals surface area contributed by atoms with Gasteiger partial charge in [0.15, 0.2) is 0 Å². The summed E-state index contributed by atoms with van der Waals surface area (Å²) in [4.78, 5) is 12.1. The molecule has 1 saturated heterocycles. The van der Waals surface area contributed by atoms with E-state index in [1.165, 1.54) is 0 Å². The van der Waals surface area contributed by atoms with E-state index < -0.39 is 0 Å². The highest BCUT2D eigenvalue weighted by atomic mass is 16.5. The number of ketones is 1. The van der Waals surface area contributed by atoms with Crippen LogP contribution in [-0.2, 0) is 9.53 Å². The fourth-order valence-electron chi connectivity index (χ4n) is 2.56. The lowest BCUT2D eigenvalue weighted by Crippen LogP contribution is -2.36. The lowest BCUT2D eigenvalue weighted by molar-refractivity contribution is -0.108. The number of Topliss-reactive ketones (excluding diaryl/α,β-unsaturated/α-hetero) is 1. The number of carbonyl (C=O) groups is 1. The van der Waals surface area contributed by atoms with E-state index in [9.17, 15) is 4.79 Å². The zero-order chi connectivity index (χ0) is 14.8. The molecule has 1 atom stereocenters. The molecule has 0 amide bonds. The normalized spacial score (nSPS) is 24.1. The number of hydrazone groups is 1. The molecule has 0 bridgehead atoms. The minimum atomic E-state index is -0.376. The molecule has 0 spiro atoms. The van der Waals surface area contributed by atoms with E-state index in [0.717, 1.165) is 30.4 Å². The molecule has 0 aromatic heterocycles. The van der Waals surface area contributed by atoms with Gasteiger partial charge in [-0.15, -0.1) is 0 Å². The molecule has 5 nitrogen and oxygen atoms in total. The van der Waals surface area contributed by atoms with Gasteiger partial charge in [-0.1, -0.05) is 30.8 Å². The maximum Gasteiger partial charge on any atom is 0.212 e. The van der Waals surface area contributed by atoms with Crippen LogP contribution in [0.5, 0.6) is 0 Å². The Hall–Kier alpha value is -2.27. The van der Waals surface area contributed by atoms with Crippen molar-refractivity contribution in [1.82, 2.24) is 5.43 Å². The molecule has 0 saturated carbocycles. The summed E-state index contributed by atoms with van der Waals surface area (Å²) >= 11 is 0. The number of allylic oxidation sites excluding steroid dienone is 1. The lowest BCUT2D eigenvalue weighted by Gasteiger charge is -2.24. The first-order chi connectivity index (χ1) is 10.2. The molecule has 2 aliphatic rings. The molecule has 1 aromatic rings. The van der Waals surface area contributed by atoms with E-state index in [4.69, 9.17) is 10.1 Å². The number of hydrogen-bond acceptors (Lipinski definition) is 5. The average Bonchev–Trinajstić information content (AvgIpc) is 2.54. The van der Waals surface area contributed by atoms with Gasteiger partial charge in [-0.25, -0.2) is 0 Å². The van der Waals surface area contributed by atoms with Gasteiger partial charge >= 0.3 is 0 Å². The predicted molar refractivity (Wildman–Crippen MR) is 81.5 cm³/mol. The zero-order valence-corrected chi connectivity index (χ0v) is 11.7. The van der Waals surface area contributed by atoms with Gasteiger partial charge < -0.3 is 4.74 Å². The van der Waals surface area contributed by atoms with E-state index in [0.29, 0.717) is 17.9 Å². The van der Waals surface area contributed by atoms with Crippen LogP contribution in [0.1, 0.15) is 30.4 Å². The SMILES string of the molecule is C=C1C(=O)C(=N)/C(=N\NC2CCCCO2)c2ccccc21. The first-order valence-corrected chi connectivity index (χ1v) is 7.05. The topological polar surface area (TPSA) is 74.5 Å². The highest BCUT2D eigenvalue weighted by molar-refractivity contribution is 6.78. The molecule has 108 valence electrons. The van der Waals surface area contributed by atoms with Crippen LogP contribution in [-0.4, -0.2) is 30.0 Å². The number of hydrogen-bond donors (Lipinski definition) is 2. The molecule has 21 heavy (non-hydrogen) atoms. The summed E-state index contributed by atoms with van der Waals surface area (Å²) in [5, 5.41) is 12.3. The Kier molecular flexibility index (Phi) is 3.66. The van der Waals surface area contributed by atoms with Gasteiger partial charge in [0.2, 0.25) is 5.78 Å². The molecule has 3 rings (SSSR count). The first-order valence-electron chi connectivity index (χ1n) is 7.05. The molecule has 1 heterocycles. The van der Waals surface area contributed by atoms with Crippen LogP contribution < -0.4 is 5.43 Å².